The van der Waals surface area contributed by atoms with E-state index in [1.807, 2.05) is 12.1 Å². The van der Waals surface area contributed by atoms with Gasteiger partial charge >= 0.3 is 0 Å². The minimum atomic E-state index is -3.57. The van der Waals surface area contributed by atoms with Crippen LogP contribution < -0.4 is 14.8 Å². The molecule has 1 aromatic heterocycles. The van der Waals surface area contributed by atoms with Gasteiger partial charge in [0.15, 0.2) is 26.5 Å². The van der Waals surface area contributed by atoms with E-state index >= 15 is 0 Å². The molecule has 27 heavy (non-hydrogen) atoms. The van der Waals surface area contributed by atoms with E-state index in [1.54, 1.807) is 30.3 Å². The van der Waals surface area contributed by atoms with Gasteiger partial charge in [-0.25, -0.2) is 13.4 Å². The number of hydrogen-bond acceptors (Lipinski definition) is 7. The number of rotatable bonds is 5. The van der Waals surface area contributed by atoms with Crippen molar-refractivity contribution >= 4 is 42.4 Å². The lowest BCUT2D eigenvalue weighted by molar-refractivity contribution is -0.113. The highest BCUT2D eigenvalue weighted by Gasteiger charge is 2.20. The summed E-state index contributed by atoms with van der Waals surface area (Å²) in [4.78, 5) is 16.5. The quantitative estimate of drug-likeness (QED) is 0.702. The summed E-state index contributed by atoms with van der Waals surface area (Å²) in [5.41, 5.74) is 1.31. The van der Waals surface area contributed by atoms with Gasteiger partial charge in [-0.05, 0) is 5.56 Å². The van der Waals surface area contributed by atoms with Crippen LogP contribution in [-0.2, 0) is 20.4 Å². The Morgan fingerprint density at radius 1 is 1.11 bits per heavy atom. The molecule has 4 rings (SSSR count). The highest BCUT2D eigenvalue weighted by Crippen LogP contribution is 2.37. The van der Waals surface area contributed by atoms with Gasteiger partial charge in [0, 0.05) is 12.1 Å². The topological polar surface area (TPSA) is 94.6 Å². The number of ether oxygens (including phenoxy) is 2. The van der Waals surface area contributed by atoms with E-state index in [0.717, 1.165) is 4.70 Å². The van der Waals surface area contributed by atoms with Crippen LogP contribution in [0.5, 0.6) is 11.5 Å². The standard InChI is InChI=1S/C18H16N2O5S2/c21-17(11-27(22,23)10-12-4-2-1-3-5-12)20-18-19-13-8-14-15(9-16(13)26-18)25-7-6-24-14/h1-5,8-9H,6-7,10-11H2,(H,19,20,21). The highest BCUT2D eigenvalue weighted by molar-refractivity contribution is 7.91. The Bertz CT molecular complexity index is 1050. The van der Waals surface area contributed by atoms with Gasteiger partial charge in [-0.2, -0.15) is 0 Å². The average molecular weight is 404 g/mol. The second-order valence-electron chi connectivity index (χ2n) is 6.05. The zero-order chi connectivity index (χ0) is 18.9. The largest absolute Gasteiger partial charge is 0.486 e. The maximum absolute atomic E-state index is 12.2. The number of hydrogen-bond donors (Lipinski definition) is 1. The summed E-state index contributed by atoms with van der Waals surface area (Å²) < 4.78 is 36.3. The van der Waals surface area contributed by atoms with E-state index in [0.29, 0.717) is 40.9 Å². The van der Waals surface area contributed by atoms with Crippen LogP contribution in [-0.4, -0.2) is 38.3 Å². The van der Waals surface area contributed by atoms with Crippen LogP contribution >= 0.6 is 11.3 Å². The van der Waals surface area contributed by atoms with Crippen LogP contribution in [0.4, 0.5) is 5.13 Å². The van der Waals surface area contributed by atoms with Crippen molar-refractivity contribution in [2.24, 2.45) is 0 Å². The smallest absolute Gasteiger partial charge is 0.241 e. The Morgan fingerprint density at radius 2 is 1.81 bits per heavy atom. The first kappa shape index (κ1) is 17.7. The second-order valence-corrected chi connectivity index (χ2v) is 9.14. The summed E-state index contributed by atoms with van der Waals surface area (Å²) in [7, 11) is -3.57. The number of thiazole rings is 1. The first-order valence-corrected chi connectivity index (χ1v) is 10.9. The zero-order valence-corrected chi connectivity index (χ0v) is 15.8. The van der Waals surface area contributed by atoms with Crippen molar-refractivity contribution in [2.45, 2.75) is 5.75 Å². The normalized spacial score (nSPS) is 13.5. The first-order valence-electron chi connectivity index (χ1n) is 8.23. The van der Waals surface area contributed by atoms with Gasteiger partial charge in [0.25, 0.3) is 0 Å². The molecular formula is C18H16N2O5S2. The van der Waals surface area contributed by atoms with Gasteiger partial charge in [0.2, 0.25) is 5.91 Å². The van der Waals surface area contributed by atoms with Crippen molar-refractivity contribution in [3.8, 4) is 11.5 Å². The lowest BCUT2D eigenvalue weighted by Crippen LogP contribution is -2.23. The molecule has 0 saturated heterocycles. The summed E-state index contributed by atoms with van der Waals surface area (Å²) in [5.74, 6) is -0.131. The molecule has 2 aromatic carbocycles. The molecule has 3 aromatic rings. The molecule has 1 amide bonds. The molecule has 1 aliphatic rings. The van der Waals surface area contributed by atoms with Crippen molar-refractivity contribution in [1.82, 2.24) is 4.98 Å². The summed E-state index contributed by atoms with van der Waals surface area (Å²) in [5, 5.41) is 2.91. The summed E-state index contributed by atoms with van der Waals surface area (Å²) >= 11 is 1.25. The van der Waals surface area contributed by atoms with Crippen molar-refractivity contribution in [2.75, 3.05) is 24.3 Å². The Balaban J connectivity index is 1.46. The number of anilines is 1. The number of benzene rings is 2. The summed E-state index contributed by atoms with van der Waals surface area (Å²) in [6.45, 7) is 0.964. The molecule has 0 unspecified atom stereocenters. The number of carbonyl (C=O) groups is 1. The molecule has 0 spiro atoms. The number of nitrogens with one attached hydrogen (secondary N) is 1. The monoisotopic (exact) mass is 404 g/mol. The SMILES string of the molecule is O=C(CS(=O)(=O)Cc1ccccc1)Nc1nc2cc3c(cc2s1)OCCO3. The Labute approximate surface area is 159 Å². The van der Waals surface area contributed by atoms with Gasteiger partial charge in [-0.3, -0.25) is 4.79 Å². The molecule has 1 N–H and O–H groups in total. The predicted molar refractivity (Wildman–Crippen MR) is 103 cm³/mol. The van der Waals surface area contributed by atoms with Crippen molar-refractivity contribution < 1.29 is 22.7 Å². The average Bonchev–Trinajstić information content (AvgIpc) is 3.00. The fourth-order valence-electron chi connectivity index (χ4n) is 2.75. The summed E-state index contributed by atoms with van der Waals surface area (Å²) in [6.07, 6.45) is 0. The van der Waals surface area contributed by atoms with E-state index in [9.17, 15) is 13.2 Å². The van der Waals surface area contributed by atoms with Crippen molar-refractivity contribution in [3.63, 3.8) is 0 Å². The van der Waals surface area contributed by atoms with Gasteiger partial charge < -0.3 is 14.8 Å². The van der Waals surface area contributed by atoms with Crippen LogP contribution in [0.1, 0.15) is 5.56 Å². The number of carbonyl (C=O) groups excluding carboxylic acids is 1. The predicted octanol–water partition coefficient (Wildman–Crippen LogP) is 2.62. The fourth-order valence-corrected chi connectivity index (χ4v) is 4.92. The zero-order valence-electron chi connectivity index (χ0n) is 14.2. The molecule has 0 atom stereocenters. The van der Waals surface area contributed by atoms with Gasteiger partial charge in [0.1, 0.15) is 19.0 Å². The van der Waals surface area contributed by atoms with E-state index in [-0.39, 0.29) is 5.75 Å². The van der Waals surface area contributed by atoms with Crippen LogP contribution in [0.2, 0.25) is 0 Å². The fraction of sp³-hybridized carbons (Fsp3) is 0.222. The van der Waals surface area contributed by atoms with E-state index in [1.165, 1.54) is 11.3 Å². The Morgan fingerprint density at radius 3 is 2.56 bits per heavy atom. The highest BCUT2D eigenvalue weighted by atomic mass is 32.2. The van der Waals surface area contributed by atoms with Gasteiger partial charge in [0.05, 0.1) is 16.0 Å². The number of amides is 1. The van der Waals surface area contributed by atoms with Crippen LogP contribution in [0.3, 0.4) is 0 Å². The van der Waals surface area contributed by atoms with Crippen molar-refractivity contribution in [3.05, 3.63) is 48.0 Å². The Kier molecular flexibility index (Phi) is 4.71. The molecule has 0 radical (unpaired) electrons. The minimum Gasteiger partial charge on any atom is -0.486 e. The van der Waals surface area contributed by atoms with Crippen molar-refractivity contribution in [1.29, 1.82) is 0 Å². The maximum atomic E-state index is 12.2. The number of nitrogens with zero attached hydrogens (tertiary/aromatic N) is 1. The molecule has 140 valence electrons. The third-order valence-corrected chi connectivity index (χ3v) is 6.29. The summed E-state index contributed by atoms with van der Waals surface area (Å²) in [6, 6.07) is 12.3. The molecule has 1 aliphatic heterocycles. The maximum Gasteiger partial charge on any atom is 0.241 e. The molecule has 9 heteroatoms. The molecule has 7 nitrogen and oxygen atoms in total. The second kappa shape index (κ2) is 7.16. The van der Waals surface area contributed by atoms with Gasteiger partial charge in [-0.1, -0.05) is 41.7 Å². The first-order chi connectivity index (χ1) is 13.0. The molecule has 0 aliphatic carbocycles. The van der Waals surface area contributed by atoms with E-state index in [4.69, 9.17) is 9.47 Å². The van der Waals surface area contributed by atoms with Gasteiger partial charge in [-0.15, -0.1) is 0 Å². The Hall–Kier alpha value is -2.65. The van der Waals surface area contributed by atoms with Crippen LogP contribution in [0.25, 0.3) is 10.2 Å². The molecule has 0 saturated carbocycles. The lowest BCUT2D eigenvalue weighted by Gasteiger charge is -2.17. The van der Waals surface area contributed by atoms with Crippen LogP contribution in [0, 0.1) is 0 Å². The number of aromatic nitrogens is 1. The lowest BCUT2D eigenvalue weighted by atomic mass is 10.2. The minimum absolute atomic E-state index is 0.178. The third-order valence-electron chi connectivity index (χ3n) is 3.88. The van der Waals surface area contributed by atoms with E-state index in [2.05, 4.69) is 10.3 Å². The van der Waals surface area contributed by atoms with E-state index < -0.39 is 21.5 Å². The molecular weight excluding hydrogens is 388 g/mol. The third kappa shape index (κ3) is 4.20. The number of sulfone groups is 1. The number of fused-ring (bicyclic) bond motifs is 2. The molecule has 2 heterocycles. The molecule has 0 fully saturated rings. The van der Waals surface area contributed by atoms with Crippen LogP contribution in [0.15, 0.2) is 42.5 Å². The molecule has 0 bridgehead atoms.